The largest absolute Gasteiger partial charge is 0.487 e. The third kappa shape index (κ3) is 7.38. The maximum absolute atomic E-state index is 14.9. The third-order valence-corrected chi connectivity index (χ3v) is 7.03. The van der Waals surface area contributed by atoms with Gasteiger partial charge in [-0.3, -0.25) is 19.9 Å². The topological polar surface area (TPSA) is 144 Å². The molecule has 1 unspecified atom stereocenters. The first kappa shape index (κ1) is 26.9. The van der Waals surface area contributed by atoms with Gasteiger partial charge in [0.25, 0.3) is 0 Å². The van der Waals surface area contributed by atoms with E-state index in [1.807, 2.05) is 4.90 Å². The highest BCUT2D eigenvalue weighted by Crippen LogP contribution is 2.27. The number of rotatable bonds is 10. The second-order valence-corrected chi connectivity index (χ2v) is 9.74. The van der Waals surface area contributed by atoms with Crippen molar-refractivity contribution >= 4 is 40.4 Å². The Balaban J connectivity index is 1.74. The number of carboxylic acid groups (broad SMARTS) is 1. The molecule has 0 bridgehead atoms. The molecule has 1 saturated heterocycles. The molecule has 1 heterocycles. The van der Waals surface area contributed by atoms with Crippen molar-refractivity contribution in [1.29, 1.82) is 10.8 Å². The summed E-state index contributed by atoms with van der Waals surface area (Å²) in [5.74, 6) is -1.98. The SMILES string of the molecule is CC(=N)N1CCC(Oc2ccc(N(C/C=C/c3cccc(C(=N)N)c3)S(=O)CC(=O)O)cc2F)CC1. The van der Waals surface area contributed by atoms with Crippen LogP contribution < -0.4 is 14.8 Å². The molecule has 5 N–H and O–H groups in total. The molecule has 2 aromatic rings. The lowest BCUT2D eigenvalue weighted by Crippen LogP contribution is -2.40. The first-order chi connectivity index (χ1) is 17.1. The fourth-order valence-corrected chi connectivity index (χ4v) is 4.78. The molecule has 1 aliphatic rings. The molecule has 1 fully saturated rings. The Labute approximate surface area is 212 Å². The number of hydrogen-bond donors (Lipinski definition) is 4. The summed E-state index contributed by atoms with van der Waals surface area (Å²) in [6.07, 6.45) is 4.57. The highest BCUT2D eigenvalue weighted by molar-refractivity contribution is 7.87. The Bertz CT molecular complexity index is 1180. The number of hydrogen-bond acceptors (Lipinski definition) is 5. The van der Waals surface area contributed by atoms with Crippen LogP contribution in [0.1, 0.15) is 30.9 Å². The fraction of sp³-hybridized carbons (Fsp3) is 0.320. The number of aliphatic carboxylic acids is 1. The van der Waals surface area contributed by atoms with Gasteiger partial charge in [-0.15, -0.1) is 0 Å². The summed E-state index contributed by atoms with van der Waals surface area (Å²) >= 11 is 0. The van der Waals surface area contributed by atoms with Gasteiger partial charge < -0.3 is 20.5 Å². The van der Waals surface area contributed by atoms with E-state index in [1.54, 1.807) is 49.4 Å². The number of halogens is 1. The lowest BCUT2D eigenvalue weighted by Gasteiger charge is -2.33. The van der Waals surface area contributed by atoms with E-state index in [9.17, 15) is 13.4 Å². The van der Waals surface area contributed by atoms with E-state index < -0.39 is 28.5 Å². The minimum Gasteiger partial charge on any atom is -0.487 e. The predicted molar refractivity (Wildman–Crippen MR) is 140 cm³/mol. The first-order valence-electron chi connectivity index (χ1n) is 11.4. The molecule has 0 radical (unpaired) electrons. The van der Waals surface area contributed by atoms with E-state index >= 15 is 0 Å². The van der Waals surface area contributed by atoms with Crippen LogP contribution >= 0.6 is 0 Å². The van der Waals surface area contributed by atoms with Gasteiger partial charge >= 0.3 is 5.97 Å². The normalized spacial score (nSPS) is 15.0. The van der Waals surface area contributed by atoms with Crippen molar-refractivity contribution in [3.8, 4) is 5.75 Å². The zero-order valence-corrected chi connectivity index (χ0v) is 20.8. The molecule has 0 saturated carbocycles. The van der Waals surface area contributed by atoms with Crippen LogP contribution in [0.5, 0.6) is 5.75 Å². The number of nitrogens with one attached hydrogen (secondary N) is 2. The van der Waals surface area contributed by atoms with Crippen LogP contribution in [0.4, 0.5) is 10.1 Å². The van der Waals surface area contributed by atoms with Crippen LogP contribution in [-0.2, 0) is 15.8 Å². The van der Waals surface area contributed by atoms with Crippen LogP contribution in [0.15, 0.2) is 48.5 Å². The maximum atomic E-state index is 14.9. The fourth-order valence-electron chi connectivity index (χ4n) is 3.81. The zero-order valence-electron chi connectivity index (χ0n) is 19.9. The van der Waals surface area contributed by atoms with Gasteiger partial charge in [-0.05, 0) is 30.7 Å². The van der Waals surface area contributed by atoms with Crippen molar-refractivity contribution in [2.24, 2.45) is 5.73 Å². The molecular weight excluding hydrogens is 485 g/mol. The molecule has 3 rings (SSSR count). The summed E-state index contributed by atoms with van der Waals surface area (Å²) in [4.78, 5) is 13.1. The number of likely N-dealkylation sites (tertiary alicyclic amines) is 1. The van der Waals surface area contributed by atoms with Crippen molar-refractivity contribution < 1.29 is 23.2 Å². The lowest BCUT2D eigenvalue weighted by atomic mass is 10.1. The Kier molecular flexibility index (Phi) is 9.18. The van der Waals surface area contributed by atoms with Crippen molar-refractivity contribution in [3.63, 3.8) is 0 Å². The molecule has 11 heteroatoms. The van der Waals surface area contributed by atoms with Gasteiger partial charge in [0.2, 0.25) is 0 Å². The molecule has 0 amide bonds. The summed E-state index contributed by atoms with van der Waals surface area (Å²) in [5.41, 5.74) is 7.09. The average Bonchev–Trinajstić information content (AvgIpc) is 2.83. The van der Waals surface area contributed by atoms with E-state index in [0.29, 0.717) is 37.3 Å². The van der Waals surface area contributed by atoms with Crippen molar-refractivity contribution in [2.45, 2.75) is 25.9 Å². The Hall–Kier alpha value is -3.73. The summed E-state index contributed by atoms with van der Waals surface area (Å²) in [6, 6.07) is 11.2. The highest BCUT2D eigenvalue weighted by atomic mass is 32.2. The van der Waals surface area contributed by atoms with E-state index in [-0.39, 0.29) is 29.9 Å². The number of carbonyl (C=O) groups is 1. The van der Waals surface area contributed by atoms with Gasteiger partial charge in [-0.2, -0.15) is 0 Å². The van der Waals surface area contributed by atoms with Gasteiger partial charge in [-0.1, -0.05) is 30.4 Å². The maximum Gasteiger partial charge on any atom is 0.318 e. The van der Waals surface area contributed by atoms with E-state index in [0.717, 1.165) is 5.56 Å². The number of nitrogen functional groups attached to an aromatic ring is 1. The minimum absolute atomic E-state index is 0.0608. The number of nitrogens with zero attached hydrogens (tertiary/aromatic N) is 2. The highest BCUT2D eigenvalue weighted by Gasteiger charge is 2.23. The third-order valence-electron chi connectivity index (χ3n) is 5.69. The molecule has 2 aromatic carbocycles. The van der Waals surface area contributed by atoms with Gasteiger partial charge in [0.05, 0.1) is 18.1 Å². The summed E-state index contributed by atoms with van der Waals surface area (Å²) in [6.45, 7) is 3.13. The van der Waals surface area contributed by atoms with Gasteiger partial charge in [-0.25, -0.2) is 8.60 Å². The smallest absolute Gasteiger partial charge is 0.318 e. The number of benzene rings is 2. The predicted octanol–water partition coefficient (Wildman–Crippen LogP) is 3.22. The van der Waals surface area contributed by atoms with Crippen LogP contribution in [-0.4, -0.2) is 63.3 Å². The number of anilines is 1. The van der Waals surface area contributed by atoms with Crippen molar-refractivity contribution in [3.05, 3.63) is 65.5 Å². The molecule has 1 aliphatic heterocycles. The van der Waals surface area contributed by atoms with Gasteiger partial charge in [0.1, 0.15) is 28.7 Å². The molecule has 1 atom stereocenters. The lowest BCUT2D eigenvalue weighted by molar-refractivity contribution is -0.133. The van der Waals surface area contributed by atoms with Crippen molar-refractivity contribution in [2.75, 3.05) is 29.7 Å². The number of piperidine rings is 1. The molecule has 36 heavy (non-hydrogen) atoms. The van der Waals surface area contributed by atoms with Crippen LogP contribution in [0, 0.1) is 16.6 Å². The zero-order chi connectivity index (χ0) is 26.2. The van der Waals surface area contributed by atoms with Gasteiger partial charge in [0, 0.05) is 37.6 Å². The molecule has 0 aromatic heterocycles. The van der Waals surface area contributed by atoms with Crippen LogP contribution in [0.3, 0.4) is 0 Å². The van der Waals surface area contributed by atoms with Gasteiger partial charge in [0.15, 0.2) is 11.6 Å². The van der Waals surface area contributed by atoms with E-state index in [1.165, 1.54) is 16.4 Å². The van der Waals surface area contributed by atoms with Crippen LogP contribution in [0.2, 0.25) is 0 Å². The monoisotopic (exact) mass is 515 g/mol. The molecule has 192 valence electrons. The number of nitrogens with two attached hydrogens (primary N) is 1. The molecule has 0 aliphatic carbocycles. The summed E-state index contributed by atoms with van der Waals surface area (Å²) in [7, 11) is -1.94. The second kappa shape index (κ2) is 12.3. The number of carboxylic acids is 1. The van der Waals surface area contributed by atoms with Crippen molar-refractivity contribution in [1.82, 2.24) is 4.90 Å². The Morgan fingerprint density at radius 3 is 2.61 bits per heavy atom. The van der Waals surface area contributed by atoms with Crippen LogP contribution in [0.25, 0.3) is 6.08 Å². The standard InChI is InChI=1S/C25H30FN5O4S/c1-17(27)30-12-9-21(10-13-30)35-23-8-7-20(15-22(23)26)31(36(34)16-24(32)33)11-3-5-18-4-2-6-19(14-18)25(28)29/h2-8,14-15,21,27H,9-13,16H2,1H3,(H3,28,29)(H,32,33)/b5-3+,27-17?. The number of amidine groups is 2. The second-order valence-electron chi connectivity index (χ2n) is 8.37. The summed E-state index contributed by atoms with van der Waals surface area (Å²) < 4.78 is 34.8. The average molecular weight is 516 g/mol. The molecular formula is C25H30FN5O4S. The van der Waals surface area contributed by atoms with E-state index in [4.69, 9.17) is 26.4 Å². The Morgan fingerprint density at radius 1 is 1.28 bits per heavy atom. The Morgan fingerprint density at radius 2 is 2.00 bits per heavy atom. The summed E-state index contributed by atoms with van der Waals surface area (Å²) in [5, 5.41) is 24.4. The molecule has 0 spiro atoms. The minimum atomic E-state index is -1.94. The quantitative estimate of drug-likeness (QED) is 0.283. The number of ether oxygens (including phenoxy) is 1. The molecule has 9 nitrogen and oxygen atoms in total. The van der Waals surface area contributed by atoms with E-state index in [2.05, 4.69) is 0 Å². The first-order valence-corrected chi connectivity index (χ1v) is 12.7.